The van der Waals surface area contributed by atoms with Crippen LogP contribution < -0.4 is 5.32 Å². The average Bonchev–Trinajstić information content (AvgIpc) is 1.83. The van der Waals surface area contributed by atoms with E-state index in [9.17, 15) is 0 Å². The molecule has 0 unspecified atom stereocenters. The Morgan fingerprint density at radius 3 is 2.44 bits per heavy atom. The van der Waals surface area contributed by atoms with Gasteiger partial charge in [0.1, 0.15) is 0 Å². The minimum Gasteiger partial charge on any atom is -0.301 e. The lowest BCUT2D eigenvalue weighted by Crippen LogP contribution is -2.34. The Balaban J connectivity index is 3.06. The highest BCUT2D eigenvalue weighted by molar-refractivity contribution is 4.47. The van der Waals surface area contributed by atoms with E-state index in [0.29, 0.717) is 6.04 Å². The van der Waals surface area contributed by atoms with Crippen LogP contribution in [0, 0.1) is 0 Å². The van der Waals surface area contributed by atoms with Crippen molar-refractivity contribution in [3.63, 3.8) is 0 Å². The van der Waals surface area contributed by atoms with E-state index in [1.165, 1.54) is 0 Å². The van der Waals surface area contributed by atoms with Gasteiger partial charge in [0.2, 0.25) is 0 Å². The summed E-state index contributed by atoms with van der Waals surface area (Å²) in [5.74, 6) is 0. The summed E-state index contributed by atoms with van der Waals surface area (Å²) in [7, 11) is 3.54. The summed E-state index contributed by atoms with van der Waals surface area (Å²) in [6.45, 7) is 4.97. The molecule has 9 heavy (non-hydrogen) atoms. The summed E-state index contributed by atoms with van der Waals surface area (Å²) in [6, 6.07) is 0.516. The molecule has 0 heterocycles. The monoisotopic (exact) mass is 132 g/mol. The van der Waals surface area contributed by atoms with Crippen molar-refractivity contribution >= 4 is 0 Å². The standard InChI is InChI=1S/C6H16N2O/c1-6(2)7-5-8(3)9-4/h6-7H,5H2,1-4H3. The third kappa shape index (κ3) is 5.76. The van der Waals surface area contributed by atoms with Gasteiger partial charge >= 0.3 is 0 Å². The predicted molar refractivity (Wildman–Crippen MR) is 37.9 cm³/mol. The summed E-state index contributed by atoms with van der Waals surface area (Å²) < 4.78 is 0. The van der Waals surface area contributed by atoms with Crippen molar-refractivity contribution in [3.05, 3.63) is 0 Å². The zero-order chi connectivity index (χ0) is 7.28. The highest BCUT2D eigenvalue weighted by atomic mass is 16.7. The van der Waals surface area contributed by atoms with Crippen molar-refractivity contribution in [2.45, 2.75) is 19.9 Å². The second kappa shape index (κ2) is 4.73. The molecule has 0 rings (SSSR count). The van der Waals surface area contributed by atoms with Crippen LogP contribution in [0.2, 0.25) is 0 Å². The van der Waals surface area contributed by atoms with Crippen LogP contribution in [0.1, 0.15) is 13.8 Å². The van der Waals surface area contributed by atoms with Gasteiger partial charge in [-0.05, 0) is 13.8 Å². The number of nitrogens with one attached hydrogen (secondary N) is 1. The fourth-order valence-corrected chi connectivity index (χ4v) is 0.376. The Labute approximate surface area is 56.9 Å². The molecule has 0 aromatic rings. The molecule has 0 bridgehead atoms. The summed E-state index contributed by atoms with van der Waals surface area (Å²) in [5, 5.41) is 4.93. The average molecular weight is 132 g/mol. The molecule has 56 valence electrons. The molecule has 0 aliphatic carbocycles. The van der Waals surface area contributed by atoms with Gasteiger partial charge in [-0.25, -0.2) is 0 Å². The van der Waals surface area contributed by atoms with Gasteiger partial charge in [0.15, 0.2) is 0 Å². The van der Waals surface area contributed by atoms with Crippen molar-refractivity contribution in [2.75, 3.05) is 20.8 Å². The lowest BCUT2D eigenvalue weighted by Gasteiger charge is -2.15. The van der Waals surface area contributed by atoms with Crippen LogP contribution in [0.25, 0.3) is 0 Å². The molecule has 0 radical (unpaired) electrons. The van der Waals surface area contributed by atoms with Gasteiger partial charge in [0.25, 0.3) is 0 Å². The van der Waals surface area contributed by atoms with E-state index in [1.807, 2.05) is 7.05 Å². The molecule has 3 nitrogen and oxygen atoms in total. The number of hydrogen-bond acceptors (Lipinski definition) is 3. The molecule has 0 aromatic heterocycles. The normalized spacial score (nSPS) is 11.3. The van der Waals surface area contributed by atoms with Gasteiger partial charge in [-0.3, -0.25) is 0 Å². The van der Waals surface area contributed by atoms with Gasteiger partial charge in [-0.15, -0.1) is 0 Å². The topological polar surface area (TPSA) is 24.5 Å². The molecule has 0 aliphatic rings. The van der Waals surface area contributed by atoms with E-state index >= 15 is 0 Å². The molecule has 0 aromatic carbocycles. The van der Waals surface area contributed by atoms with Crippen molar-refractivity contribution in [1.82, 2.24) is 10.4 Å². The van der Waals surface area contributed by atoms with E-state index < -0.39 is 0 Å². The highest BCUT2D eigenvalue weighted by Gasteiger charge is 1.94. The van der Waals surface area contributed by atoms with Crippen molar-refractivity contribution in [1.29, 1.82) is 0 Å². The number of hydroxylamine groups is 2. The van der Waals surface area contributed by atoms with E-state index in [0.717, 1.165) is 6.67 Å². The molecule has 0 amide bonds. The molecular weight excluding hydrogens is 116 g/mol. The van der Waals surface area contributed by atoms with Crippen LogP contribution in [-0.4, -0.2) is 31.9 Å². The molecule has 0 fully saturated rings. The predicted octanol–water partition coefficient (Wildman–Crippen LogP) is 0.435. The minimum atomic E-state index is 0.516. The number of hydrogen-bond donors (Lipinski definition) is 1. The van der Waals surface area contributed by atoms with Gasteiger partial charge in [0, 0.05) is 13.1 Å². The third-order valence-electron chi connectivity index (χ3n) is 1.03. The molecule has 3 heteroatoms. The lowest BCUT2D eigenvalue weighted by atomic mass is 10.4. The van der Waals surface area contributed by atoms with Crippen molar-refractivity contribution in [2.24, 2.45) is 0 Å². The van der Waals surface area contributed by atoms with Gasteiger partial charge in [-0.1, -0.05) is 0 Å². The van der Waals surface area contributed by atoms with Crippen LogP contribution in [-0.2, 0) is 4.84 Å². The zero-order valence-electron chi connectivity index (χ0n) is 6.64. The first-order valence-electron chi connectivity index (χ1n) is 3.15. The highest BCUT2D eigenvalue weighted by Crippen LogP contribution is 1.79. The Hall–Kier alpha value is -0.120. The summed E-state index contributed by atoms with van der Waals surface area (Å²) >= 11 is 0. The van der Waals surface area contributed by atoms with Crippen LogP contribution in [0.15, 0.2) is 0 Å². The molecule has 0 saturated carbocycles. The summed E-state index contributed by atoms with van der Waals surface area (Å²) in [6.07, 6.45) is 0. The Kier molecular flexibility index (Phi) is 4.67. The molecule has 1 N–H and O–H groups in total. The zero-order valence-corrected chi connectivity index (χ0v) is 6.64. The Bertz CT molecular complexity index is 66.1. The number of nitrogens with zero attached hydrogens (tertiary/aromatic N) is 1. The lowest BCUT2D eigenvalue weighted by molar-refractivity contribution is -0.115. The van der Waals surface area contributed by atoms with E-state index in [1.54, 1.807) is 12.2 Å². The Morgan fingerprint density at radius 1 is 1.56 bits per heavy atom. The van der Waals surface area contributed by atoms with Crippen LogP contribution in [0.3, 0.4) is 0 Å². The van der Waals surface area contributed by atoms with Crippen LogP contribution >= 0.6 is 0 Å². The first-order chi connectivity index (χ1) is 4.16. The van der Waals surface area contributed by atoms with Crippen LogP contribution in [0.4, 0.5) is 0 Å². The quantitative estimate of drug-likeness (QED) is 0.443. The van der Waals surface area contributed by atoms with Gasteiger partial charge in [-0.2, -0.15) is 5.06 Å². The fraction of sp³-hybridized carbons (Fsp3) is 1.00. The molecule has 0 atom stereocenters. The molecule has 0 aliphatic heterocycles. The second-order valence-electron chi connectivity index (χ2n) is 2.33. The van der Waals surface area contributed by atoms with E-state index in [-0.39, 0.29) is 0 Å². The van der Waals surface area contributed by atoms with Gasteiger partial charge in [0.05, 0.1) is 13.8 Å². The fourth-order valence-electron chi connectivity index (χ4n) is 0.376. The van der Waals surface area contributed by atoms with E-state index in [4.69, 9.17) is 4.84 Å². The van der Waals surface area contributed by atoms with E-state index in [2.05, 4.69) is 19.2 Å². The van der Waals surface area contributed by atoms with Gasteiger partial charge < -0.3 is 10.2 Å². The van der Waals surface area contributed by atoms with Crippen LogP contribution in [0.5, 0.6) is 0 Å². The number of rotatable bonds is 4. The minimum absolute atomic E-state index is 0.516. The second-order valence-corrected chi connectivity index (χ2v) is 2.33. The SMILES string of the molecule is CON(C)CNC(C)C. The maximum Gasteiger partial charge on any atom is 0.0730 e. The first kappa shape index (κ1) is 8.88. The Morgan fingerprint density at radius 2 is 2.11 bits per heavy atom. The smallest absolute Gasteiger partial charge is 0.0730 e. The summed E-state index contributed by atoms with van der Waals surface area (Å²) in [4.78, 5) is 4.87. The largest absolute Gasteiger partial charge is 0.301 e. The van der Waals surface area contributed by atoms with Crippen molar-refractivity contribution in [3.8, 4) is 0 Å². The maximum atomic E-state index is 4.87. The molecular formula is C6H16N2O. The summed E-state index contributed by atoms with van der Waals surface area (Å²) in [5.41, 5.74) is 0. The molecule has 0 saturated heterocycles. The first-order valence-corrected chi connectivity index (χ1v) is 3.15. The maximum absolute atomic E-state index is 4.87. The third-order valence-corrected chi connectivity index (χ3v) is 1.03. The molecule has 0 spiro atoms. The van der Waals surface area contributed by atoms with Crippen molar-refractivity contribution < 1.29 is 4.84 Å².